The smallest absolute Gasteiger partial charge is 0.410 e. The minimum absolute atomic E-state index is 0.0529. The Balaban J connectivity index is 2.20. The molecule has 1 aliphatic heterocycles. The van der Waals surface area contributed by atoms with Crippen molar-refractivity contribution in [3.8, 4) is 24.0 Å². The maximum atomic E-state index is 12.3. The maximum Gasteiger partial charge on any atom is 0.410 e. The predicted octanol–water partition coefficient (Wildman–Crippen LogP) is 2.58. The van der Waals surface area contributed by atoms with Crippen molar-refractivity contribution in [2.45, 2.75) is 12.8 Å². The lowest BCUT2D eigenvalue weighted by molar-refractivity contribution is 0.102. The van der Waals surface area contributed by atoms with E-state index in [1.54, 1.807) is 32.2 Å². The number of nitrogens with two attached hydrogens (primary N) is 1. The molecular formula is C22H21N5O3. The summed E-state index contributed by atoms with van der Waals surface area (Å²) in [6.07, 6.45) is 1.21. The van der Waals surface area contributed by atoms with E-state index in [1.807, 2.05) is 24.3 Å². The molecule has 152 valence electrons. The van der Waals surface area contributed by atoms with Crippen molar-refractivity contribution in [1.29, 1.82) is 15.8 Å². The van der Waals surface area contributed by atoms with E-state index < -0.39 is 23.3 Å². The second-order valence-corrected chi connectivity index (χ2v) is 7.03. The lowest BCUT2D eigenvalue weighted by Crippen LogP contribution is -2.48. The predicted molar refractivity (Wildman–Crippen MR) is 106 cm³/mol. The molecule has 0 bridgehead atoms. The number of ether oxygens (including phenoxy) is 2. The fourth-order valence-corrected chi connectivity index (χ4v) is 4.19. The van der Waals surface area contributed by atoms with Gasteiger partial charge in [0.2, 0.25) is 5.41 Å². The summed E-state index contributed by atoms with van der Waals surface area (Å²) in [5.74, 6) is -0.335. The van der Waals surface area contributed by atoms with Crippen LogP contribution in [0.4, 0.5) is 4.79 Å². The summed E-state index contributed by atoms with van der Waals surface area (Å²) in [5.41, 5.74) is 5.94. The highest BCUT2D eigenvalue weighted by Crippen LogP contribution is 2.52. The largest absolute Gasteiger partial charge is 0.497 e. The van der Waals surface area contributed by atoms with E-state index in [0.29, 0.717) is 11.3 Å². The molecule has 1 heterocycles. The maximum absolute atomic E-state index is 12.3. The molecule has 1 aromatic rings. The van der Waals surface area contributed by atoms with E-state index >= 15 is 0 Å². The summed E-state index contributed by atoms with van der Waals surface area (Å²) in [6, 6.07) is 13.3. The van der Waals surface area contributed by atoms with E-state index in [-0.39, 0.29) is 31.0 Å². The molecule has 0 spiro atoms. The molecule has 0 fully saturated rings. The van der Waals surface area contributed by atoms with E-state index in [1.165, 1.54) is 4.90 Å². The van der Waals surface area contributed by atoms with Gasteiger partial charge in [-0.1, -0.05) is 18.2 Å². The standard InChI is InChI=1S/C22H21N5O3/c1-3-30-21(28)27-9-8-18-17(11-27)19(14-4-6-15(29-2)7-5-14)16(10-23)20(26)22(18,12-24)13-25/h4-8,17,19H,3,9,11,26H2,1-2H3. The Bertz CT molecular complexity index is 1020. The second-order valence-electron chi connectivity index (χ2n) is 7.03. The third-order valence-corrected chi connectivity index (χ3v) is 5.65. The number of nitriles is 3. The Morgan fingerprint density at radius 3 is 2.47 bits per heavy atom. The first-order chi connectivity index (χ1) is 14.5. The van der Waals surface area contributed by atoms with Crippen molar-refractivity contribution < 1.29 is 14.3 Å². The summed E-state index contributed by atoms with van der Waals surface area (Å²) in [6.45, 7) is 2.35. The van der Waals surface area contributed by atoms with Crippen LogP contribution in [-0.2, 0) is 4.74 Å². The first-order valence-electron chi connectivity index (χ1n) is 9.46. The van der Waals surface area contributed by atoms with Crippen LogP contribution < -0.4 is 10.5 Å². The van der Waals surface area contributed by atoms with Crippen LogP contribution in [0, 0.1) is 45.3 Å². The first-order valence-corrected chi connectivity index (χ1v) is 9.46. The van der Waals surface area contributed by atoms with Gasteiger partial charge in [-0.15, -0.1) is 0 Å². The molecule has 2 N–H and O–H groups in total. The number of hydrogen-bond donors (Lipinski definition) is 1. The number of amides is 1. The third kappa shape index (κ3) is 3.11. The molecule has 1 aliphatic carbocycles. The van der Waals surface area contributed by atoms with Crippen molar-refractivity contribution >= 4 is 6.09 Å². The number of nitrogens with zero attached hydrogens (tertiary/aromatic N) is 4. The average molecular weight is 403 g/mol. The van der Waals surface area contributed by atoms with Crippen LogP contribution in [0.1, 0.15) is 18.4 Å². The van der Waals surface area contributed by atoms with Gasteiger partial charge in [-0.25, -0.2) is 4.79 Å². The van der Waals surface area contributed by atoms with Gasteiger partial charge in [-0.2, -0.15) is 15.8 Å². The van der Waals surface area contributed by atoms with Crippen LogP contribution in [0.2, 0.25) is 0 Å². The van der Waals surface area contributed by atoms with Crippen molar-refractivity contribution in [3.63, 3.8) is 0 Å². The molecule has 2 atom stereocenters. The number of carbonyl (C=O) groups is 1. The summed E-state index contributed by atoms with van der Waals surface area (Å²) < 4.78 is 10.3. The molecule has 2 unspecified atom stereocenters. The molecule has 3 rings (SSSR count). The number of methoxy groups -OCH3 is 1. The minimum Gasteiger partial charge on any atom is -0.497 e. The third-order valence-electron chi connectivity index (χ3n) is 5.65. The van der Waals surface area contributed by atoms with Crippen molar-refractivity contribution in [2.75, 3.05) is 26.8 Å². The van der Waals surface area contributed by atoms with Gasteiger partial charge in [-0.05, 0) is 30.2 Å². The van der Waals surface area contributed by atoms with Gasteiger partial charge in [0, 0.05) is 24.9 Å². The van der Waals surface area contributed by atoms with Gasteiger partial charge in [0.1, 0.15) is 5.75 Å². The molecule has 0 saturated carbocycles. The quantitative estimate of drug-likeness (QED) is 0.766. The van der Waals surface area contributed by atoms with Gasteiger partial charge < -0.3 is 20.1 Å². The highest BCUT2D eigenvalue weighted by atomic mass is 16.6. The first kappa shape index (κ1) is 20.8. The fourth-order valence-electron chi connectivity index (χ4n) is 4.19. The van der Waals surface area contributed by atoms with Crippen molar-refractivity contribution in [2.24, 2.45) is 17.1 Å². The molecule has 1 aromatic carbocycles. The van der Waals surface area contributed by atoms with E-state index in [4.69, 9.17) is 15.2 Å². The number of carbonyl (C=O) groups excluding carboxylic acids is 1. The molecule has 0 saturated heterocycles. The highest BCUT2D eigenvalue weighted by Gasteiger charge is 2.53. The molecule has 30 heavy (non-hydrogen) atoms. The monoisotopic (exact) mass is 403 g/mol. The zero-order chi connectivity index (χ0) is 21.9. The summed E-state index contributed by atoms with van der Waals surface area (Å²) in [4.78, 5) is 13.8. The van der Waals surface area contributed by atoms with E-state index in [0.717, 1.165) is 5.56 Å². The van der Waals surface area contributed by atoms with Crippen molar-refractivity contribution in [1.82, 2.24) is 4.90 Å². The van der Waals surface area contributed by atoms with Crippen LogP contribution in [0.5, 0.6) is 5.75 Å². The van der Waals surface area contributed by atoms with E-state index in [9.17, 15) is 20.6 Å². The molecule has 0 radical (unpaired) electrons. The van der Waals surface area contributed by atoms with Crippen molar-refractivity contribution in [3.05, 3.63) is 52.7 Å². The highest BCUT2D eigenvalue weighted by molar-refractivity contribution is 5.69. The van der Waals surface area contributed by atoms with Gasteiger partial charge in [0.15, 0.2) is 0 Å². The Morgan fingerprint density at radius 2 is 1.93 bits per heavy atom. The Kier molecular flexibility index (Phi) is 5.67. The van der Waals surface area contributed by atoms with Crippen LogP contribution in [-0.4, -0.2) is 37.8 Å². The second kappa shape index (κ2) is 8.19. The van der Waals surface area contributed by atoms with E-state index in [2.05, 4.69) is 6.07 Å². The molecule has 8 heteroatoms. The number of rotatable bonds is 3. The van der Waals surface area contributed by atoms with Gasteiger partial charge in [-0.3, -0.25) is 0 Å². The number of hydrogen-bond acceptors (Lipinski definition) is 7. The topological polar surface area (TPSA) is 136 Å². The minimum atomic E-state index is -1.74. The van der Waals surface area contributed by atoms with Crippen LogP contribution in [0.25, 0.3) is 0 Å². The molecule has 8 nitrogen and oxygen atoms in total. The fraction of sp³-hybridized carbons (Fsp3) is 0.364. The molecule has 0 aromatic heterocycles. The molecule has 1 amide bonds. The Morgan fingerprint density at radius 1 is 1.27 bits per heavy atom. The Hall–Kier alpha value is -3.96. The van der Waals surface area contributed by atoms with Crippen LogP contribution in [0.3, 0.4) is 0 Å². The lowest BCUT2D eigenvalue weighted by Gasteiger charge is -2.44. The number of benzene rings is 1. The summed E-state index contributed by atoms with van der Waals surface area (Å²) in [5, 5.41) is 29.7. The van der Waals surface area contributed by atoms with Crippen LogP contribution >= 0.6 is 0 Å². The number of fused-ring (bicyclic) bond motifs is 1. The lowest BCUT2D eigenvalue weighted by atomic mass is 9.60. The number of allylic oxidation sites excluding steroid dienone is 2. The zero-order valence-electron chi connectivity index (χ0n) is 16.8. The van der Waals surface area contributed by atoms with Crippen LogP contribution in [0.15, 0.2) is 47.2 Å². The Labute approximate surface area is 175 Å². The molecule has 2 aliphatic rings. The summed E-state index contributed by atoms with van der Waals surface area (Å²) in [7, 11) is 1.56. The molecular weight excluding hydrogens is 382 g/mol. The van der Waals surface area contributed by atoms with Gasteiger partial charge in [0.25, 0.3) is 0 Å². The zero-order valence-corrected chi connectivity index (χ0v) is 16.8. The van der Waals surface area contributed by atoms with Gasteiger partial charge in [0.05, 0.1) is 43.2 Å². The van der Waals surface area contributed by atoms with Gasteiger partial charge >= 0.3 is 6.09 Å². The SMILES string of the molecule is CCOC(=O)N1CC=C2C(C1)C(c1ccc(OC)cc1)C(C#N)=C(N)C2(C#N)C#N. The summed E-state index contributed by atoms with van der Waals surface area (Å²) >= 11 is 0. The average Bonchev–Trinajstić information content (AvgIpc) is 2.78. The normalized spacial score (nSPS) is 22.0.